The molecule has 0 fully saturated rings. The fourth-order valence-electron chi connectivity index (χ4n) is 2.15. The van der Waals surface area contributed by atoms with E-state index in [-0.39, 0.29) is 5.91 Å². The molecule has 0 saturated carbocycles. The van der Waals surface area contributed by atoms with Crippen LogP contribution in [0.1, 0.15) is 25.3 Å². The fourth-order valence-corrected chi connectivity index (χ4v) is 2.36. The zero-order valence-electron chi connectivity index (χ0n) is 13.1. The van der Waals surface area contributed by atoms with E-state index in [0.29, 0.717) is 29.5 Å². The average molecular weight is 333 g/mol. The number of benzene rings is 2. The van der Waals surface area contributed by atoms with Gasteiger partial charge in [-0.15, -0.1) is 0 Å². The summed E-state index contributed by atoms with van der Waals surface area (Å²) in [6, 6.07) is 14.3. The molecule has 0 radical (unpaired) electrons. The van der Waals surface area contributed by atoms with Gasteiger partial charge in [0.05, 0.1) is 11.7 Å². The third-order valence-corrected chi connectivity index (χ3v) is 3.60. The van der Waals surface area contributed by atoms with Crippen molar-refractivity contribution in [2.24, 2.45) is 5.73 Å². The summed E-state index contributed by atoms with van der Waals surface area (Å²) in [5, 5.41) is 3.49. The maximum absolute atomic E-state index is 12.1. The Morgan fingerprint density at radius 2 is 2.04 bits per heavy atom. The van der Waals surface area contributed by atoms with Gasteiger partial charge in [0.15, 0.2) is 0 Å². The molecule has 23 heavy (non-hydrogen) atoms. The van der Waals surface area contributed by atoms with Crippen molar-refractivity contribution >= 4 is 23.2 Å². The number of rotatable bonds is 7. The van der Waals surface area contributed by atoms with Crippen LogP contribution in [0, 0.1) is 0 Å². The molecule has 4 nitrogen and oxygen atoms in total. The molecule has 1 atom stereocenters. The van der Waals surface area contributed by atoms with Crippen molar-refractivity contribution < 1.29 is 9.53 Å². The van der Waals surface area contributed by atoms with Gasteiger partial charge in [-0.2, -0.15) is 0 Å². The molecule has 0 aliphatic rings. The van der Waals surface area contributed by atoms with Crippen LogP contribution in [0.4, 0.5) is 5.69 Å². The maximum atomic E-state index is 12.1. The lowest BCUT2D eigenvalue weighted by Gasteiger charge is -2.15. The molecule has 0 saturated heterocycles. The topological polar surface area (TPSA) is 64.4 Å². The van der Waals surface area contributed by atoms with E-state index in [0.717, 1.165) is 12.0 Å². The summed E-state index contributed by atoms with van der Waals surface area (Å²) in [5.41, 5.74) is 7.42. The molecule has 0 spiro atoms. The lowest BCUT2D eigenvalue weighted by atomic mass is 10.1. The second-order valence-corrected chi connectivity index (χ2v) is 5.74. The molecule has 0 bridgehead atoms. The molecule has 2 aromatic rings. The number of nitrogens with two attached hydrogens (primary N) is 1. The number of halogens is 1. The highest BCUT2D eigenvalue weighted by atomic mass is 35.5. The van der Waals surface area contributed by atoms with Crippen LogP contribution in [-0.4, -0.2) is 11.9 Å². The highest BCUT2D eigenvalue weighted by Gasteiger charge is 2.14. The Labute approximate surface area is 141 Å². The Morgan fingerprint density at radius 1 is 1.26 bits per heavy atom. The molecule has 2 aromatic carbocycles. The summed E-state index contributed by atoms with van der Waals surface area (Å²) in [7, 11) is 0. The number of carbonyl (C=O) groups excluding carboxylic acids is 1. The minimum Gasteiger partial charge on any atom is -0.487 e. The fraction of sp³-hybridized carbons (Fsp3) is 0.278. The van der Waals surface area contributed by atoms with Gasteiger partial charge in [0.2, 0.25) is 5.91 Å². The van der Waals surface area contributed by atoms with Crippen LogP contribution in [-0.2, 0) is 11.4 Å². The van der Waals surface area contributed by atoms with E-state index >= 15 is 0 Å². The van der Waals surface area contributed by atoms with Gasteiger partial charge < -0.3 is 15.8 Å². The van der Waals surface area contributed by atoms with Crippen LogP contribution in [0.3, 0.4) is 0 Å². The van der Waals surface area contributed by atoms with Gasteiger partial charge in [0.25, 0.3) is 0 Å². The molecule has 5 heteroatoms. The predicted octanol–water partition coefficient (Wildman–Crippen LogP) is 3.98. The predicted molar refractivity (Wildman–Crippen MR) is 93.7 cm³/mol. The molecule has 1 unspecified atom stereocenters. The van der Waals surface area contributed by atoms with Crippen molar-refractivity contribution in [2.45, 2.75) is 32.4 Å². The first-order valence-electron chi connectivity index (χ1n) is 7.63. The molecule has 0 heterocycles. The normalized spacial score (nSPS) is 11.8. The number of carbonyl (C=O) groups is 1. The van der Waals surface area contributed by atoms with Gasteiger partial charge >= 0.3 is 0 Å². The molecular weight excluding hydrogens is 312 g/mol. The van der Waals surface area contributed by atoms with E-state index in [9.17, 15) is 4.79 Å². The Kier molecular flexibility index (Phi) is 6.44. The second-order valence-electron chi connectivity index (χ2n) is 5.30. The summed E-state index contributed by atoms with van der Waals surface area (Å²) in [5.74, 6) is 0.398. The van der Waals surface area contributed by atoms with Crippen molar-refractivity contribution in [3.63, 3.8) is 0 Å². The Bertz CT molecular complexity index is 661. The van der Waals surface area contributed by atoms with Crippen molar-refractivity contribution in [1.29, 1.82) is 0 Å². The number of anilines is 1. The Morgan fingerprint density at radius 3 is 2.78 bits per heavy atom. The molecule has 122 valence electrons. The SMILES string of the molecule is CCCC(N)C(=O)Nc1ccccc1OCc1cccc(Cl)c1. The highest BCUT2D eigenvalue weighted by Crippen LogP contribution is 2.25. The molecule has 2 rings (SSSR count). The number of nitrogens with one attached hydrogen (secondary N) is 1. The maximum Gasteiger partial charge on any atom is 0.241 e. The van der Waals surface area contributed by atoms with Crippen LogP contribution >= 0.6 is 11.6 Å². The Balaban J connectivity index is 2.04. The van der Waals surface area contributed by atoms with Crippen molar-refractivity contribution in [3.05, 3.63) is 59.1 Å². The average Bonchev–Trinajstić information content (AvgIpc) is 2.54. The van der Waals surface area contributed by atoms with E-state index in [1.54, 1.807) is 6.07 Å². The largest absolute Gasteiger partial charge is 0.487 e. The first-order valence-corrected chi connectivity index (χ1v) is 8.00. The van der Waals surface area contributed by atoms with E-state index in [1.165, 1.54) is 0 Å². The van der Waals surface area contributed by atoms with E-state index < -0.39 is 6.04 Å². The first-order chi connectivity index (χ1) is 11.1. The molecule has 0 aliphatic carbocycles. The number of hydrogen-bond donors (Lipinski definition) is 2. The number of para-hydroxylation sites is 2. The van der Waals surface area contributed by atoms with Crippen molar-refractivity contribution in [3.8, 4) is 5.75 Å². The second kappa shape index (κ2) is 8.56. The van der Waals surface area contributed by atoms with Crippen molar-refractivity contribution in [2.75, 3.05) is 5.32 Å². The lowest BCUT2D eigenvalue weighted by molar-refractivity contribution is -0.117. The third kappa shape index (κ3) is 5.27. The Hall–Kier alpha value is -2.04. The van der Waals surface area contributed by atoms with E-state index in [1.807, 2.05) is 49.4 Å². The molecule has 0 aromatic heterocycles. The monoisotopic (exact) mass is 332 g/mol. The summed E-state index contributed by atoms with van der Waals surface area (Å²) in [4.78, 5) is 12.1. The zero-order valence-corrected chi connectivity index (χ0v) is 13.8. The third-order valence-electron chi connectivity index (χ3n) is 3.36. The van der Waals surface area contributed by atoms with Crippen molar-refractivity contribution in [1.82, 2.24) is 0 Å². The standard InChI is InChI=1S/C18H21ClN2O2/c1-2-6-15(20)18(22)21-16-9-3-4-10-17(16)23-12-13-7-5-8-14(19)11-13/h3-5,7-11,15H,2,6,12,20H2,1H3,(H,21,22). The highest BCUT2D eigenvalue weighted by molar-refractivity contribution is 6.30. The summed E-state index contributed by atoms with van der Waals surface area (Å²) < 4.78 is 5.80. The number of ether oxygens (including phenoxy) is 1. The van der Waals surface area contributed by atoms with E-state index in [2.05, 4.69) is 5.32 Å². The van der Waals surface area contributed by atoms with Crippen LogP contribution in [0.5, 0.6) is 5.75 Å². The molecule has 1 amide bonds. The van der Waals surface area contributed by atoms with Crippen LogP contribution in [0.2, 0.25) is 5.02 Å². The quantitative estimate of drug-likeness (QED) is 0.806. The zero-order chi connectivity index (χ0) is 16.7. The van der Waals surface area contributed by atoms with Gasteiger partial charge in [-0.1, -0.05) is 49.2 Å². The summed E-state index contributed by atoms with van der Waals surface area (Å²) in [6.07, 6.45) is 1.51. The van der Waals surface area contributed by atoms with Gasteiger partial charge in [0, 0.05) is 5.02 Å². The molecule has 0 aliphatic heterocycles. The van der Waals surface area contributed by atoms with Crippen LogP contribution < -0.4 is 15.8 Å². The van der Waals surface area contributed by atoms with E-state index in [4.69, 9.17) is 22.1 Å². The van der Waals surface area contributed by atoms with Gasteiger partial charge in [-0.05, 0) is 36.2 Å². The minimum absolute atomic E-state index is 0.203. The molecule has 3 N–H and O–H groups in total. The van der Waals surface area contributed by atoms with Crippen LogP contribution in [0.25, 0.3) is 0 Å². The van der Waals surface area contributed by atoms with Gasteiger partial charge in [-0.3, -0.25) is 4.79 Å². The smallest absolute Gasteiger partial charge is 0.241 e. The van der Waals surface area contributed by atoms with Gasteiger partial charge in [-0.25, -0.2) is 0 Å². The van der Waals surface area contributed by atoms with Gasteiger partial charge in [0.1, 0.15) is 12.4 Å². The number of amides is 1. The minimum atomic E-state index is -0.513. The molecular formula is C18H21ClN2O2. The number of hydrogen-bond acceptors (Lipinski definition) is 3. The lowest BCUT2D eigenvalue weighted by Crippen LogP contribution is -2.35. The first kappa shape index (κ1) is 17.3. The van der Waals surface area contributed by atoms with Crippen LogP contribution in [0.15, 0.2) is 48.5 Å². The summed E-state index contributed by atoms with van der Waals surface area (Å²) >= 11 is 5.96. The summed E-state index contributed by atoms with van der Waals surface area (Å²) in [6.45, 7) is 2.36.